The summed E-state index contributed by atoms with van der Waals surface area (Å²) in [6.07, 6.45) is 3.69. The third-order valence-corrected chi connectivity index (χ3v) is 3.44. The summed E-state index contributed by atoms with van der Waals surface area (Å²) >= 11 is 0. The van der Waals surface area contributed by atoms with Crippen molar-refractivity contribution in [2.45, 2.75) is 40.0 Å². The highest BCUT2D eigenvalue weighted by atomic mass is 16.5. The van der Waals surface area contributed by atoms with E-state index in [-0.39, 0.29) is 0 Å². The first-order chi connectivity index (χ1) is 6.66. The molecule has 0 saturated carbocycles. The van der Waals surface area contributed by atoms with Crippen LogP contribution < -0.4 is 5.32 Å². The minimum absolute atomic E-state index is 0.478. The minimum atomic E-state index is 0.478. The fourth-order valence-corrected chi connectivity index (χ4v) is 1.81. The summed E-state index contributed by atoms with van der Waals surface area (Å²) in [4.78, 5) is 0. The van der Waals surface area contributed by atoms with E-state index in [1.54, 1.807) is 0 Å². The third-order valence-electron chi connectivity index (χ3n) is 3.44. The number of rotatable bonds is 5. The minimum Gasteiger partial charge on any atom is -0.381 e. The predicted molar refractivity (Wildman–Crippen MR) is 60.5 cm³/mol. The van der Waals surface area contributed by atoms with Crippen molar-refractivity contribution >= 4 is 0 Å². The molecule has 84 valence electrons. The standard InChI is InChI=1S/C12H25NO/c1-4-11(2)9-13-10-12(3)5-7-14-8-6-12/h11,13H,4-10H2,1-3H3. The first-order valence-electron chi connectivity index (χ1n) is 5.95. The average molecular weight is 199 g/mol. The van der Waals surface area contributed by atoms with Crippen LogP contribution >= 0.6 is 0 Å². The van der Waals surface area contributed by atoms with Gasteiger partial charge in [0.25, 0.3) is 0 Å². The topological polar surface area (TPSA) is 21.3 Å². The molecule has 0 aromatic heterocycles. The molecule has 0 bridgehead atoms. The average Bonchev–Trinajstić information content (AvgIpc) is 2.18. The third kappa shape index (κ3) is 3.97. The lowest BCUT2D eigenvalue weighted by molar-refractivity contribution is 0.0238. The molecule has 0 spiro atoms. The molecule has 1 N–H and O–H groups in total. The zero-order valence-electron chi connectivity index (χ0n) is 9.94. The Kier molecular flexibility index (Phi) is 4.90. The van der Waals surface area contributed by atoms with Gasteiger partial charge < -0.3 is 10.1 Å². The van der Waals surface area contributed by atoms with Crippen molar-refractivity contribution in [3.63, 3.8) is 0 Å². The molecule has 1 aliphatic heterocycles. The summed E-state index contributed by atoms with van der Waals surface area (Å²) < 4.78 is 5.39. The monoisotopic (exact) mass is 199 g/mol. The van der Waals surface area contributed by atoms with Gasteiger partial charge in [0.2, 0.25) is 0 Å². The maximum Gasteiger partial charge on any atom is 0.0471 e. The van der Waals surface area contributed by atoms with Crippen LogP contribution in [0.25, 0.3) is 0 Å². The van der Waals surface area contributed by atoms with Gasteiger partial charge in [-0.25, -0.2) is 0 Å². The molecule has 1 rings (SSSR count). The van der Waals surface area contributed by atoms with Gasteiger partial charge in [0.1, 0.15) is 0 Å². The van der Waals surface area contributed by atoms with Gasteiger partial charge in [-0.3, -0.25) is 0 Å². The van der Waals surface area contributed by atoms with Crippen molar-refractivity contribution in [3.05, 3.63) is 0 Å². The van der Waals surface area contributed by atoms with Crippen LogP contribution in [0.3, 0.4) is 0 Å². The van der Waals surface area contributed by atoms with Crippen LogP contribution in [0.4, 0.5) is 0 Å². The van der Waals surface area contributed by atoms with Crippen LogP contribution in [0.2, 0.25) is 0 Å². The quantitative estimate of drug-likeness (QED) is 0.734. The lowest BCUT2D eigenvalue weighted by atomic mass is 9.82. The molecule has 2 nitrogen and oxygen atoms in total. The smallest absolute Gasteiger partial charge is 0.0471 e. The largest absolute Gasteiger partial charge is 0.381 e. The zero-order valence-corrected chi connectivity index (χ0v) is 9.94. The van der Waals surface area contributed by atoms with E-state index in [4.69, 9.17) is 4.74 Å². The molecule has 1 unspecified atom stereocenters. The van der Waals surface area contributed by atoms with E-state index < -0.39 is 0 Å². The van der Waals surface area contributed by atoms with Crippen molar-refractivity contribution in [3.8, 4) is 0 Å². The van der Waals surface area contributed by atoms with E-state index in [0.717, 1.165) is 32.2 Å². The van der Waals surface area contributed by atoms with E-state index in [1.807, 2.05) is 0 Å². The molecule has 1 saturated heterocycles. The van der Waals surface area contributed by atoms with Crippen LogP contribution in [-0.2, 0) is 4.74 Å². The molecule has 1 fully saturated rings. The Labute approximate surface area is 88.4 Å². The zero-order chi connectivity index (χ0) is 10.4. The molecule has 0 aromatic rings. The lowest BCUT2D eigenvalue weighted by Gasteiger charge is -2.34. The van der Waals surface area contributed by atoms with Crippen LogP contribution in [0.1, 0.15) is 40.0 Å². The van der Waals surface area contributed by atoms with E-state index in [9.17, 15) is 0 Å². The molecule has 0 radical (unpaired) electrons. The van der Waals surface area contributed by atoms with Crippen LogP contribution in [-0.4, -0.2) is 26.3 Å². The summed E-state index contributed by atoms with van der Waals surface area (Å²) in [5.74, 6) is 0.804. The van der Waals surface area contributed by atoms with Gasteiger partial charge in [-0.1, -0.05) is 27.2 Å². The highest BCUT2D eigenvalue weighted by molar-refractivity contribution is 4.79. The predicted octanol–water partition coefficient (Wildman–Crippen LogP) is 2.44. The highest BCUT2D eigenvalue weighted by Gasteiger charge is 2.26. The Bertz CT molecular complexity index is 152. The van der Waals surface area contributed by atoms with E-state index in [0.29, 0.717) is 5.41 Å². The molecular weight excluding hydrogens is 174 g/mol. The molecule has 0 amide bonds. The van der Waals surface area contributed by atoms with E-state index in [2.05, 4.69) is 26.1 Å². The normalized spacial score (nSPS) is 23.4. The van der Waals surface area contributed by atoms with Gasteiger partial charge in [-0.2, -0.15) is 0 Å². The van der Waals surface area contributed by atoms with E-state index >= 15 is 0 Å². The van der Waals surface area contributed by atoms with Gasteiger partial charge in [-0.05, 0) is 30.7 Å². The number of ether oxygens (including phenoxy) is 1. The van der Waals surface area contributed by atoms with Gasteiger partial charge in [0.05, 0.1) is 0 Å². The summed E-state index contributed by atoms with van der Waals surface area (Å²) in [5, 5.41) is 3.59. The lowest BCUT2D eigenvalue weighted by Crippen LogP contribution is -2.38. The Balaban J connectivity index is 2.15. The fourth-order valence-electron chi connectivity index (χ4n) is 1.81. The first kappa shape index (κ1) is 12.0. The maximum atomic E-state index is 5.39. The van der Waals surface area contributed by atoms with E-state index in [1.165, 1.54) is 19.3 Å². The van der Waals surface area contributed by atoms with Crippen molar-refractivity contribution in [1.82, 2.24) is 5.32 Å². The second-order valence-electron chi connectivity index (χ2n) is 5.07. The van der Waals surface area contributed by atoms with Crippen molar-refractivity contribution < 1.29 is 4.74 Å². The Morgan fingerprint density at radius 1 is 1.36 bits per heavy atom. The molecule has 0 aromatic carbocycles. The molecule has 0 aliphatic carbocycles. The van der Waals surface area contributed by atoms with Crippen molar-refractivity contribution in [2.75, 3.05) is 26.3 Å². The van der Waals surface area contributed by atoms with Crippen LogP contribution in [0.15, 0.2) is 0 Å². The fraction of sp³-hybridized carbons (Fsp3) is 1.00. The van der Waals surface area contributed by atoms with Crippen molar-refractivity contribution in [2.24, 2.45) is 11.3 Å². The van der Waals surface area contributed by atoms with Crippen LogP contribution in [0, 0.1) is 11.3 Å². The summed E-state index contributed by atoms with van der Waals surface area (Å²) in [6.45, 7) is 11.1. The summed E-state index contributed by atoms with van der Waals surface area (Å²) in [7, 11) is 0. The Morgan fingerprint density at radius 3 is 2.57 bits per heavy atom. The van der Waals surface area contributed by atoms with Crippen LogP contribution in [0.5, 0.6) is 0 Å². The Hall–Kier alpha value is -0.0800. The summed E-state index contributed by atoms with van der Waals surface area (Å²) in [5.41, 5.74) is 0.478. The number of nitrogens with one attached hydrogen (secondary N) is 1. The van der Waals surface area contributed by atoms with Gasteiger partial charge in [0.15, 0.2) is 0 Å². The van der Waals surface area contributed by atoms with Gasteiger partial charge in [-0.15, -0.1) is 0 Å². The number of hydrogen-bond donors (Lipinski definition) is 1. The molecule has 1 aliphatic rings. The van der Waals surface area contributed by atoms with Gasteiger partial charge >= 0.3 is 0 Å². The second-order valence-corrected chi connectivity index (χ2v) is 5.07. The molecule has 1 atom stereocenters. The molecular formula is C12H25NO. The molecule has 14 heavy (non-hydrogen) atoms. The highest BCUT2D eigenvalue weighted by Crippen LogP contribution is 2.28. The maximum absolute atomic E-state index is 5.39. The molecule has 2 heteroatoms. The van der Waals surface area contributed by atoms with Gasteiger partial charge in [0, 0.05) is 19.8 Å². The summed E-state index contributed by atoms with van der Waals surface area (Å²) in [6, 6.07) is 0. The molecule has 1 heterocycles. The number of hydrogen-bond acceptors (Lipinski definition) is 2. The first-order valence-corrected chi connectivity index (χ1v) is 5.95. The Morgan fingerprint density at radius 2 is 2.00 bits per heavy atom. The second kappa shape index (κ2) is 5.72. The van der Waals surface area contributed by atoms with Crippen molar-refractivity contribution in [1.29, 1.82) is 0 Å². The SMILES string of the molecule is CCC(C)CNCC1(C)CCOCC1.